The van der Waals surface area contributed by atoms with Crippen molar-refractivity contribution >= 4 is 0 Å². The quantitative estimate of drug-likeness (QED) is 0.759. The van der Waals surface area contributed by atoms with Gasteiger partial charge in [0.25, 0.3) is 0 Å². The number of aromatic nitrogens is 2. The number of aryl methyl sites for hydroxylation is 1. The van der Waals surface area contributed by atoms with Crippen LogP contribution in [0.3, 0.4) is 0 Å². The molecular formula is C10H19N3O. The number of nitrogens with zero attached hydrogens (tertiary/aromatic N) is 2. The minimum Gasteiger partial charge on any atom is -0.338 e. The van der Waals surface area contributed by atoms with Crippen molar-refractivity contribution in [1.82, 2.24) is 10.1 Å². The Balaban J connectivity index is 2.48. The maximum Gasteiger partial charge on any atom is 0.243 e. The SMILES string of the molecule is CCCCC(N)c1nc(CCC)no1. The fourth-order valence-corrected chi connectivity index (χ4v) is 1.29. The molecule has 4 heteroatoms. The Labute approximate surface area is 84.9 Å². The van der Waals surface area contributed by atoms with E-state index in [9.17, 15) is 0 Å². The molecule has 0 fully saturated rings. The van der Waals surface area contributed by atoms with Crippen LogP contribution in [0.5, 0.6) is 0 Å². The molecular weight excluding hydrogens is 178 g/mol. The highest BCUT2D eigenvalue weighted by molar-refractivity contribution is 4.91. The van der Waals surface area contributed by atoms with Crippen molar-refractivity contribution in [2.45, 2.75) is 52.0 Å². The summed E-state index contributed by atoms with van der Waals surface area (Å²) in [5, 5.41) is 3.87. The van der Waals surface area contributed by atoms with Crippen molar-refractivity contribution in [2.75, 3.05) is 0 Å². The van der Waals surface area contributed by atoms with Gasteiger partial charge in [0.05, 0.1) is 6.04 Å². The van der Waals surface area contributed by atoms with E-state index in [4.69, 9.17) is 10.3 Å². The standard InChI is InChI=1S/C10H19N3O/c1-3-5-7-8(11)10-12-9(6-4-2)13-14-10/h8H,3-7,11H2,1-2H3. The Kier molecular flexibility index (Phi) is 4.59. The average molecular weight is 197 g/mol. The molecule has 0 spiro atoms. The second-order valence-electron chi connectivity index (χ2n) is 3.55. The van der Waals surface area contributed by atoms with Gasteiger partial charge in [-0.25, -0.2) is 0 Å². The van der Waals surface area contributed by atoms with Crippen LogP contribution in [-0.2, 0) is 6.42 Å². The molecule has 4 nitrogen and oxygen atoms in total. The van der Waals surface area contributed by atoms with E-state index < -0.39 is 0 Å². The first-order valence-electron chi connectivity index (χ1n) is 5.36. The summed E-state index contributed by atoms with van der Waals surface area (Å²) >= 11 is 0. The minimum atomic E-state index is -0.0898. The zero-order valence-corrected chi connectivity index (χ0v) is 8.99. The molecule has 0 bridgehead atoms. The Bertz CT molecular complexity index is 260. The zero-order chi connectivity index (χ0) is 10.4. The van der Waals surface area contributed by atoms with Crippen LogP contribution in [0.25, 0.3) is 0 Å². The third-order valence-corrected chi connectivity index (χ3v) is 2.14. The molecule has 0 saturated heterocycles. The molecule has 1 rings (SSSR count). The monoisotopic (exact) mass is 197 g/mol. The molecule has 1 unspecified atom stereocenters. The molecule has 2 N–H and O–H groups in total. The van der Waals surface area contributed by atoms with Gasteiger partial charge < -0.3 is 10.3 Å². The molecule has 0 saturated carbocycles. The summed E-state index contributed by atoms with van der Waals surface area (Å²) in [5.41, 5.74) is 5.89. The minimum absolute atomic E-state index is 0.0898. The lowest BCUT2D eigenvalue weighted by Gasteiger charge is -2.03. The highest BCUT2D eigenvalue weighted by Gasteiger charge is 2.13. The second kappa shape index (κ2) is 5.75. The van der Waals surface area contributed by atoms with E-state index in [-0.39, 0.29) is 6.04 Å². The van der Waals surface area contributed by atoms with Crippen LogP contribution in [0.15, 0.2) is 4.52 Å². The molecule has 0 aromatic carbocycles. The molecule has 1 atom stereocenters. The molecule has 0 aliphatic carbocycles. The van der Waals surface area contributed by atoms with Gasteiger partial charge in [0.1, 0.15) is 0 Å². The molecule has 0 amide bonds. The highest BCUT2D eigenvalue weighted by Crippen LogP contribution is 2.14. The summed E-state index contributed by atoms with van der Waals surface area (Å²) in [6.07, 6.45) is 5.06. The number of hydrogen-bond acceptors (Lipinski definition) is 4. The van der Waals surface area contributed by atoms with Gasteiger partial charge in [-0.1, -0.05) is 31.8 Å². The molecule has 1 heterocycles. The van der Waals surface area contributed by atoms with Crippen LogP contribution in [-0.4, -0.2) is 10.1 Å². The van der Waals surface area contributed by atoms with Gasteiger partial charge in [-0.15, -0.1) is 0 Å². The Hall–Kier alpha value is -0.900. The van der Waals surface area contributed by atoms with Crippen LogP contribution in [0.4, 0.5) is 0 Å². The van der Waals surface area contributed by atoms with Gasteiger partial charge in [-0.3, -0.25) is 0 Å². The van der Waals surface area contributed by atoms with Gasteiger partial charge in [0.2, 0.25) is 5.89 Å². The normalized spacial score (nSPS) is 13.1. The Morgan fingerprint density at radius 1 is 1.36 bits per heavy atom. The van der Waals surface area contributed by atoms with Crippen molar-refractivity contribution in [3.63, 3.8) is 0 Å². The fraction of sp³-hybridized carbons (Fsp3) is 0.800. The lowest BCUT2D eigenvalue weighted by molar-refractivity contribution is 0.342. The molecule has 1 aromatic heterocycles. The van der Waals surface area contributed by atoms with E-state index in [1.54, 1.807) is 0 Å². The lowest BCUT2D eigenvalue weighted by atomic mass is 10.1. The summed E-state index contributed by atoms with van der Waals surface area (Å²) in [5.74, 6) is 1.36. The van der Waals surface area contributed by atoms with Crippen molar-refractivity contribution < 1.29 is 4.52 Å². The third-order valence-electron chi connectivity index (χ3n) is 2.14. The maximum absolute atomic E-state index is 5.89. The molecule has 0 radical (unpaired) electrons. The van der Waals surface area contributed by atoms with Crippen LogP contribution in [0.2, 0.25) is 0 Å². The predicted molar refractivity (Wildman–Crippen MR) is 54.7 cm³/mol. The lowest BCUT2D eigenvalue weighted by Crippen LogP contribution is -2.10. The van der Waals surface area contributed by atoms with Gasteiger partial charge in [0, 0.05) is 6.42 Å². The smallest absolute Gasteiger partial charge is 0.243 e. The van der Waals surface area contributed by atoms with Crippen LogP contribution in [0.1, 0.15) is 57.3 Å². The summed E-state index contributed by atoms with van der Waals surface area (Å²) in [7, 11) is 0. The van der Waals surface area contributed by atoms with Gasteiger partial charge in [-0.2, -0.15) is 4.98 Å². The summed E-state index contributed by atoms with van der Waals surface area (Å²) in [6.45, 7) is 4.23. The topological polar surface area (TPSA) is 64.9 Å². The molecule has 0 aliphatic rings. The fourth-order valence-electron chi connectivity index (χ4n) is 1.29. The Morgan fingerprint density at radius 2 is 2.14 bits per heavy atom. The largest absolute Gasteiger partial charge is 0.338 e. The number of unbranched alkanes of at least 4 members (excludes halogenated alkanes) is 1. The van der Waals surface area contributed by atoms with Crippen molar-refractivity contribution in [2.24, 2.45) is 5.73 Å². The van der Waals surface area contributed by atoms with E-state index in [2.05, 4.69) is 24.0 Å². The number of hydrogen-bond donors (Lipinski definition) is 1. The number of rotatable bonds is 6. The first-order valence-corrected chi connectivity index (χ1v) is 5.36. The summed E-state index contributed by atoms with van der Waals surface area (Å²) < 4.78 is 5.09. The average Bonchev–Trinajstić information content (AvgIpc) is 2.63. The molecule has 14 heavy (non-hydrogen) atoms. The van der Waals surface area contributed by atoms with E-state index >= 15 is 0 Å². The van der Waals surface area contributed by atoms with Crippen LogP contribution >= 0.6 is 0 Å². The van der Waals surface area contributed by atoms with Gasteiger partial charge >= 0.3 is 0 Å². The van der Waals surface area contributed by atoms with Crippen molar-refractivity contribution in [1.29, 1.82) is 0 Å². The van der Waals surface area contributed by atoms with Gasteiger partial charge in [-0.05, 0) is 12.8 Å². The van der Waals surface area contributed by atoms with E-state index in [0.29, 0.717) is 5.89 Å². The third kappa shape index (κ3) is 3.10. The van der Waals surface area contributed by atoms with Gasteiger partial charge in [0.15, 0.2) is 5.82 Å². The summed E-state index contributed by atoms with van der Waals surface area (Å²) in [4.78, 5) is 4.25. The van der Waals surface area contributed by atoms with E-state index in [1.165, 1.54) is 0 Å². The maximum atomic E-state index is 5.89. The second-order valence-corrected chi connectivity index (χ2v) is 3.55. The first-order chi connectivity index (χ1) is 6.77. The molecule has 0 aliphatic heterocycles. The molecule has 80 valence electrons. The summed E-state index contributed by atoms with van der Waals surface area (Å²) in [6, 6.07) is -0.0898. The van der Waals surface area contributed by atoms with E-state index in [1.807, 2.05) is 0 Å². The number of nitrogens with two attached hydrogens (primary N) is 1. The van der Waals surface area contributed by atoms with Crippen molar-refractivity contribution in [3.8, 4) is 0 Å². The Morgan fingerprint density at radius 3 is 2.79 bits per heavy atom. The van der Waals surface area contributed by atoms with Crippen LogP contribution < -0.4 is 5.73 Å². The first kappa shape index (κ1) is 11.2. The van der Waals surface area contributed by atoms with E-state index in [0.717, 1.165) is 37.9 Å². The van der Waals surface area contributed by atoms with Crippen molar-refractivity contribution in [3.05, 3.63) is 11.7 Å². The molecule has 1 aromatic rings. The highest BCUT2D eigenvalue weighted by atomic mass is 16.5. The predicted octanol–water partition coefficient (Wildman–Crippen LogP) is 2.21. The zero-order valence-electron chi connectivity index (χ0n) is 8.99. The van der Waals surface area contributed by atoms with Crippen LogP contribution in [0, 0.1) is 0 Å².